The Labute approximate surface area is 146 Å². The predicted molar refractivity (Wildman–Crippen MR) is 95.2 cm³/mol. The third-order valence-electron chi connectivity index (χ3n) is 4.09. The molecule has 1 unspecified atom stereocenters. The van der Waals surface area contributed by atoms with Gasteiger partial charge in [-0.1, -0.05) is 42.5 Å². The molecular weight excluding hydrogens is 341 g/mol. The van der Waals surface area contributed by atoms with Crippen LogP contribution in [0.4, 0.5) is 4.39 Å². The lowest BCUT2D eigenvalue weighted by atomic mass is 10.0. The van der Waals surface area contributed by atoms with Crippen molar-refractivity contribution < 1.29 is 17.9 Å². The molecule has 130 valence electrons. The summed E-state index contributed by atoms with van der Waals surface area (Å²) in [5.41, 5.74) is 0.897. The second-order valence-electron chi connectivity index (χ2n) is 5.85. The molecule has 0 saturated heterocycles. The highest BCUT2D eigenvalue weighted by molar-refractivity contribution is 7.89. The summed E-state index contributed by atoms with van der Waals surface area (Å²) in [6.07, 6.45) is -0.998. The summed E-state index contributed by atoms with van der Waals surface area (Å²) < 4.78 is 40.4. The lowest BCUT2D eigenvalue weighted by Crippen LogP contribution is -2.28. The van der Waals surface area contributed by atoms with Crippen molar-refractivity contribution in [2.24, 2.45) is 0 Å². The van der Waals surface area contributed by atoms with Crippen LogP contribution in [0.1, 0.15) is 17.2 Å². The molecule has 0 bridgehead atoms. The van der Waals surface area contributed by atoms with Crippen molar-refractivity contribution in [1.29, 1.82) is 0 Å². The summed E-state index contributed by atoms with van der Waals surface area (Å²) in [6.45, 7) is 1.33. The Morgan fingerprint density at radius 3 is 2.56 bits per heavy atom. The molecule has 6 heteroatoms. The van der Waals surface area contributed by atoms with Gasteiger partial charge in [0, 0.05) is 6.54 Å². The van der Waals surface area contributed by atoms with Gasteiger partial charge in [0.1, 0.15) is 5.82 Å². The van der Waals surface area contributed by atoms with Crippen LogP contribution in [-0.4, -0.2) is 20.1 Å². The summed E-state index contributed by atoms with van der Waals surface area (Å²) in [5.74, 6) is -0.463. The average molecular weight is 359 g/mol. The van der Waals surface area contributed by atoms with Gasteiger partial charge < -0.3 is 5.11 Å². The van der Waals surface area contributed by atoms with Crippen molar-refractivity contribution in [3.8, 4) is 0 Å². The lowest BCUT2D eigenvalue weighted by Gasteiger charge is -2.15. The molecule has 0 aliphatic rings. The normalized spacial score (nSPS) is 13.1. The SMILES string of the molecule is Cc1cc(S(=O)(=O)NCC(O)c2cccc3ccccc23)ccc1F. The Morgan fingerprint density at radius 2 is 1.80 bits per heavy atom. The summed E-state index contributed by atoms with van der Waals surface area (Å²) in [5, 5.41) is 12.3. The minimum Gasteiger partial charge on any atom is -0.387 e. The minimum absolute atomic E-state index is 0.0310. The number of aliphatic hydroxyl groups is 1. The number of aryl methyl sites for hydroxylation is 1. The smallest absolute Gasteiger partial charge is 0.240 e. The largest absolute Gasteiger partial charge is 0.387 e. The Morgan fingerprint density at radius 1 is 1.08 bits per heavy atom. The molecule has 1 atom stereocenters. The van der Waals surface area contributed by atoms with Gasteiger partial charge in [0.05, 0.1) is 11.0 Å². The van der Waals surface area contributed by atoms with E-state index in [4.69, 9.17) is 0 Å². The zero-order valence-corrected chi connectivity index (χ0v) is 14.4. The molecular formula is C19H18FNO3S. The first-order valence-corrected chi connectivity index (χ1v) is 9.28. The highest BCUT2D eigenvalue weighted by Gasteiger charge is 2.18. The van der Waals surface area contributed by atoms with Crippen molar-refractivity contribution >= 4 is 20.8 Å². The molecule has 3 aromatic rings. The zero-order chi connectivity index (χ0) is 18.0. The van der Waals surface area contributed by atoms with Gasteiger partial charge in [-0.15, -0.1) is 0 Å². The maximum Gasteiger partial charge on any atom is 0.240 e. The fourth-order valence-electron chi connectivity index (χ4n) is 2.71. The van der Waals surface area contributed by atoms with E-state index in [0.29, 0.717) is 5.56 Å². The van der Waals surface area contributed by atoms with Crippen LogP contribution >= 0.6 is 0 Å². The van der Waals surface area contributed by atoms with Crippen LogP contribution in [-0.2, 0) is 10.0 Å². The van der Waals surface area contributed by atoms with E-state index in [-0.39, 0.29) is 17.0 Å². The molecule has 0 spiro atoms. The summed E-state index contributed by atoms with van der Waals surface area (Å²) in [4.78, 5) is -0.0310. The quantitative estimate of drug-likeness (QED) is 0.735. The third kappa shape index (κ3) is 3.71. The fraction of sp³-hybridized carbons (Fsp3) is 0.158. The highest BCUT2D eigenvalue weighted by atomic mass is 32.2. The van der Waals surface area contributed by atoms with Gasteiger partial charge in [0.25, 0.3) is 0 Å². The van der Waals surface area contributed by atoms with Gasteiger partial charge >= 0.3 is 0 Å². The van der Waals surface area contributed by atoms with Gasteiger partial charge in [0.2, 0.25) is 10.0 Å². The van der Waals surface area contributed by atoms with Gasteiger partial charge in [-0.25, -0.2) is 17.5 Å². The van der Waals surface area contributed by atoms with E-state index < -0.39 is 21.9 Å². The molecule has 4 nitrogen and oxygen atoms in total. The van der Waals surface area contributed by atoms with Crippen molar-refractivity contribution in [3.05, 3.63) is 77.6 Å². The molecule has 0 aliphatic heterocycles. The Balaban J connectivity index is 1.81. The van der Waals surface area contributed by atoms with Gasteiger partial charge in [-0.2, -0.15) is 0 Å². The molecule has 0 amide bonds. The minimum atomic E-state index is -3.83. The number of nitrogens with one attached hydrogen (secondary N) is 1. The monoisotopic (exact) mass is 359 g/mol. The number of rotatable bonds is 5. The molecule has 3 rings (SSSR count). The number of hydrogen-bond donors (Lipinski definition) is 2. The first-order valence-electron chi connectivity index (χ1n) is 7.80. The van der Waals surface area contributed by atoms with Crippen molar-refractivity contribution in [1.82, 2.24) is 4.72 Å². The average Bonchev–Trinajstić information content (AvgIpc) is 2.61. The summed E-state index contributed by atoms with van der Waals surface area (Å²) >= 11 is 0. The van der Waals surface area contributed by atoms with Crippen molar-refractivity contribution in [3.63, 3.8) is 0 Å². The van der Waals surface area contributed by atoms with E-state index in [0.717, 1.165) is 16.8 Å². The number of sulfonamides is 1. The maximum absolute atomic E-state index is 13.3. The Kier molecular flexibility index (Phi) is 4.85. The van der Waals surface area contributed by atoms with Crippen molar-refractivity contribution in [2.45, 2.75) is 17.9 Å². The second kappa shape index (κ2) is 6.92. The standard InChI is InChI=1S/C19H18FNO3S/c1-13-11-15(9-10-18(13)20)25(23,24)21-12-19(22)17-8-4-6-14-5-2-3-7-16(14)17/h2-11,19,21-22H,12H2,1H3. The van der Waals surface area contributed by atoms with Crippen LogP contribution in [0.15, 0.2) is 65.6 Å². The maximum atomic E-state index is 13.3. The van der Waals surface area contributed by atoms with Gasteiger partial charge in [0.15, 0.2) is 0 Å². The number of benzene rings is 3. The first-order chi connectivity index (χ1) is 11.9. The van der Waals surface area contributed by atoms with Crippen LogP contribution in [0, 0.1) is 12.7 Å². The van der Waals surface area contributed by atoms with E-state index >= 15 is 0 Å². The van der Waals surface area contributed by atoms with E-state index in [2.05, 4.69) is 4.72 Å². The molecule has 0 aliphatic carbocycles. The van der Waals surface area contributed by atoms with E-state index in [1.54, 1.807) is 6.07 Å². The molecule has 0 heterocycles. The van der Waals surface area contributed by atoms with Crippen LogP contribution in [0.5, 0.6) is 0 Å². The summed E-state index contributed by atoms with van der Waals surface area (Å²) in [6, 6.07) is 16.7. The first kappa shape index (κ1) is 17.5. The molecule has 0 aromatic heterocycles. The highest BCUT2D eigenvalue weighted by Crippen LogP contribution is 2.24. The van der Waals surface area contributed by atoms with Crippen molar-refractivity contribution in [2.75, 3.05) is 6.54 Å². The van der Waals surface area contributed by atoms with Gasteiger partial charge in [-0.05, 0) is 47.0 Å². The number of halogens is 1. The second-order valence-corrected chi connectivity index (χ2v) is 7.61. The summed E-state index contributed by atoms with van der Waals surface area (Å²) in [7, 11) is -3.83. The molecule has 0 radical (unpaired) electrons. The topological polar surface area (TPSA) is 66.4 Å². The fourth-order valence-corrected chi connectivity index (χ4v) is 3.83. The predicted octanol–water partition coefficient (Wildman–Crippen LogP) is 3.30. The molecule has 25 heavy (non-hydrogen) atoms. The number of fused-ring (bicyclic) bond motifs is 1. The van der Waals surface area contributed by atoms with Crippen LogP contribution in [0.25, 0.3) is 10.8 Å². The van der Waals surface area contributed by atoms with E-state index in [1.165, 1.54) is 19.1 Å². The molecule has 0 fully saturated rings. The number of aliphatic hydroxyl groups excluding tert-OH is 1. The zero-order valence-electron chi connectivity index (χ0n) is 13.6. The molecule has 2 N–H and O–H groups in total. The third-order valence-corrected chi connectivity index (χ3v) is 5.51. The van der Waals surface area contributed by atoms with E-state index in [9.17, 15) is 17.9 Å². The molecule has 0 saturated carbocycles. The molecule has 3 aromatic carbocycles. The van der Waals surface area contributed by atoms with Crippen LogP contribution in [0.3, 0.4) is 0 Å². The van der Waals surface area contributed by atoms with Crippen LogP contribution in [0.2, 0.25) is 0 Å². The lowest BCUT2D eigenvalue weighted by molar-refractivity contribution is 0.183. The Hall–Kier alpha value is -2.28. The van der Waals surface area contributed by atoms with Crippen LogP contribution < -0.4 is 4.72 Å². The Bertz CT molecular complexity index is 1010. The van der Waals surface area contributed by atoms with Gasteiger partial charge in [-0.3, -0.25) is 0 Å². The van der Waals surface area contributed by atoms with E-state index in [1.807, 2.05) is 36.4 Å². The number of hydrogen-bond acceptors (Lipinski definition) is 3.